The van der Waals surface area contributed by atoms with Crippen molar-refractivity contribution in [1.82, 2.24) is 24.7 Å². The summed E-state index contributed by atoms with van der Waals surface area (Å²) in [5, 5.41) is 9.86. The predicted molar refractivity (Wildman–Crippen MR) is 185 cm³/mol. The van der Waals surface area contributed by atoms with Crippen LogP contribution in [0.2, 0.25) is 0 Å². The van der Waals surface area contributed by atoms with E-state index in [0.717, 1.165) is 77.2 Å². The molecule has 0 N–H and O–H groups in total. The normalized spacial score (nSPS) is 11.8. The third-order valence-corrected chi connectivity index (χ3v) is 8.75. The van der Waals surface area contributed by atoms with Gasteiger partial charge in [0.25, 0.3) is 0 Å². The lowest BCUT2D eigenvalue weighted by Gasteiger charge is -2.10. The van der Waals surface area contributed by atoms with E-state index in [2.05, 4.69) is 47.6 Å². The van der Waals surface area contributed by atoms with Crippen LogP contribution in [0.4, 0.5) is 0 Å². The van der Waals surface area contributed by atoms with E-state index in [4.69, 9.17) is 23.8 Å². The summed E-state index contributed by atoms with van der Waals surface area (Å²) in [6.45, 7) is 0. The van der Waals surface area contributed by atoms with Crippen molar-refractivity contribution in [3.8, 4) is 39.9 Å². The maximum absolute atomic E-state index is 6.42. The molecule has 0 aliphatic rings. The lowest BCUT2D eigenvalue weighted by atomic mass is 10.1. The molecule has 4 aromatic heterocycles. The average Bonchev–Trinajstić information content (AvgIpc) is 3.85. The lowest BCUT2D eigenvalue weighted by molar-refractivity contribution is 0.669. The summed E-state index contributed by atoms with van der Waals surface area (Å²) in [4.78, 5) is 15.3. The Morgan fingerprint density at radius 3 is 1.70 bits per heavy atom. The first kappa shape index (κ1) is 25.7. The van der Waals surface area contributed by atoms with Crippen LogP contribution in [0.25, 0.3) is 94.6 Å². The first-order valence-corrected chi connectivity index (χ1v) is 15.4. The molecule has 0 fully saturated rings. The largest absolute Gasteiger partial charge is 0.455 e. The minimum atomic E-state index is 0.512. The average molecular weight is 606 g/mol. The number of nitrogens with zero attached hydrogens (tertiary/aromatic N) is 5. The Bertz CT molecular complexity index is 2690. The number of aromatic nitrogens is 5. The molecule has 7 nitrogen and oxygen atoms in total. The molecule has 0 saturated carbocycles. The van der Waals surface area contributed by atoms with Crippen LogP contribution in [0.5, 0.6) is 0 Å². The van der Waals surface area contributed by atoms with Crippen molar-refractivity contribution in [3.63, 3.8) is 0 Å². The second-order valence-corrected chi connectivity index (χ2v) is 11.5. The summed E-state index contributed by atoms with van der Waals surface area (Å²) in [6.07, 6.45) is 1.88. The molecule has 0 spiro atoms. The Balaban J connectivity index is 1.23. The van der Waals surface area contributed by atoms with Crippen LogP contribution >= 0.6 is 0 Å². The third kappa shape index (κ3) is 4.00. The molecular formula is C40H23N5O2. The van der Waals surface area contributed by atoms with E-state index < -0.39 is 0 Å². The molecule has 4 heterocycles. The molecule has 0 atom stereocenters. The highest BCUT2D eigenvalue weighted by molar-refractivity contribution is 6.10. The number of furan rings is 2. The molecule has 0 saturated heterocycles. The van der Waals surface area contributed by atoms with E-state index in [1.54, 1.807) is 0 Å². The van der Waals surface area contributed by atoms with Crippen LogP contribution in [0.1, 0.15) is 0 Å². The van der Waals surface area contributed by atoms with Gasteiger partial charge in [-0.25, -0.2) is 19.6 Å². The summed E-state index contributed by atoms with van der Waals surface area (Å²) < 4.78 is 14.8. The number of hydrogen-bond acceptors (Lipinski definition) is 6. The zero-order valence-electron chi connectivity index (χ0n) is 24.8. The Labute approximate surface area is 267 Å². The van der Waals surface area contributed by atoms with E-state index in [1.165, 1.54) is 0 Å². The van der Waals surface area contributed by atoms with Gasteiger partial charge in [0.15, 0.2) is 17.5 Å². The van der Waals surface area contributed by atoms with E-state index in [9.17, 15) is 0 Å². The molecule has 7 heteroatoms. The fourth-order valence-corrected chi connectivity index (χ4v) is 6.55. The van der Waals surface area contributed by atoms with Crippen LogP contribution in [0, 0.1) is 0 Å². The fraction of sp³-hybridized carbons (Fsp3) is 0. The zero-order chi connectivity index (χ0) is 30.9. The molecule has 6 aromatic carbocycles. The summed E-state index contributed by atoms with van der Waals surface area (Å²) in [7, 11) is 0. The zero-order valence-corrected chi connectivity index (χ0v) is 24.8. The van der Waals surface area contributed by atoms with Crippen LogP contribution in [0.3, 0.4) is 0 Å². The molecule has 0 bridgehead atoms. The Hall–Kier alpha value is -6.60. The molecule has 0 radical (unpaired) electrons. The van der Waals surface area contributed by atoms with Gasteiger partial charge in [-0.1, -0.05) is 91.0 Å². The lowest BCUT2D eigenvalue weighted by Crippen LogP contribution is -2.02. The van der Waals surface area contributed by atoms with Crippen molar-refractivity contribution >= 4 is 54.8 Å². The topological polar surface area (TPSA) is 82.8 Å². The monoisotopic (exact) mass is 605 g/mol. The smallest absolute Gasteiger partial charge is 0.167 e. The van der Waals surface area contributed by atoms with E-state index in [1.807, 2.05) is 102 Å². The molecule has 0 unspecified atom stereocenters. The van der Waals surface area contributed by atoms with Crippen LogP contribution < -0.4 is 0 Å². The Morgan fingerprint density at radius 1 is 0.468 bits per heavy atom. The van der Waals surface area contributed by atoms with Gasteiger partial charge in [-0.15, -0.1) is 0 Å². The molecule has 0 amide bonds. The van der Waals surface area contributed by atoms with Crippen molar-refractivity contribution in [2.24, 2.45) is 0 Å². The van der Waals surface area contributed by atoms with Crippen molar-refractivity contribution < 1.29 is 8.83 Å². The third-order valence-electron chi connectivity index (χ3n) is 8.75. The molecule has 10 aromatic rings. The number of para-hydroxylation sites is 5. The second kappa shape index (κ2) is 9.95. The van der Waals surface area contributed by atoms with Crippen molar-refractivity contribution in [1.29, 1.82) is 0 Å². The minimum absolute atomic E-state index is 0.512. The fourth-order valence-electron chi connectivity index (χ4n) is 6.55. The first-order chi connectivity index (χ1) is 23.3. The molecule has 220 valence electrons. The summed E-state index contributed by atoms with van der Waals surface area (Å²) >= 11 is 0. The highest BCUT2D eigenvalue weighted by Crippen LogP contribution is 2.38. The number of hydrogen-bond donors (Lipinski definition) is 0. The predicted octanol–water partition coefficient (Wildman–Crippen LogP) is 10.0. The second-order valence-electron chi connectivity index (χ2n) is 11.5. The van der Waals surface area contributed by atoms with Crippen LogP contribution in [-0.4, -0.2) is 24.7 Å². The molecule has 0 aliphatic carbocycles. The van der Waals surface area contributed by atoms with Gasteiger partial charge in [-0.05, 0) is 42.5 Å². The van der Waals surface area contributed by atoms with Crippen LogP contribution in [0.15, 0.2) is 148 Å². The molecule has 47 heavy (non-hydrogen) atoms. The molecule has 10 rings (SSSR count). The SMILES string of the molecule is c1cc(-c2nc(-c3cccc4c3oc3ccccc34)nc(-c3cccc4c3oc3ccccc34)n2)cc(-n2ncc3ccccc32)c1. The van der Waals surface area contributed by atoms with Gasteiger partial charge < -0.3 is 8.83 Å². The summed E-state index contributed by atoms with van der Waals surface area (Å²) in [5.74, 6) is 1.56. The van der Waals surface area contributed by atoms with Gasteiger partial charge in [0, 0.05) is 32.5 Å². The number of fused-ring (bicyclic) bond motifs is 7. The molecule has 0 aliphatic heterocycles. The van der Waals surface area contributed by atoms with Gasteiger partial charge in [0.1, 0.15) is 22.3 Å². The number of rotatable bonds is 4. The van der Waals surface area contributed by atoms with Gasteiger partial charge in [-0.3, -0.25) is 0 Å². The number of benzene rings is 6. The highest BCUT2D eigenvalue weighted by Gasteiger charge is 2.20. The van der Waals surface area contributed by atoms with Crippen molar-refractivity contribution in [3.05, 3.63) is 140 Å². The maximum Gasteiger partial charge on any atom is 0.167 e. The van der Waals surface area contributed by atoms with Gasteiger partial charge >= 0.3 is 0 Å². The van der Waals surface area contributed by atoms with E-state index in [0.29, 0.717) is 17.5 Å². The molecular weight excluding hydrogens is 582 g/mol. The van der Waals surface area contributed by atoms with E-state index >= 15 is 0 Å². The quantitative estimate of drug-likeness (QED) is 0.199. The van der Waals surface area contributed by atoms with Crippen molar-refractivity contribution in [2.45, 2.75) is 0 Å². The van der Waals surface area contributed by atoms with Gasteiger partial charge in [-0.2, -0.15) is 5.10 Å². The Kier molecular flexibility index (Phi) is 5.44. The standard InChI is InChI=1S/C40H23N5O2/c1-4-19-33-25(10-1)23-41-45(33)26-12-7-11-24(22-26)38-42-39(31-17-8-15-29-27-13-2-5-20-34(27)46-36(29)31)44-40(43-38)32-18-9-16-30-28-14-3-6-21-35(28)47-37(30)32/h1-23H. The van der Waals surface area contributed by atoms with Crippen molar-refractivity contribution in [2.75, 3.05) is 0 Å². The Morgan fingerprint density at radius 2 is 1.02 bits per heavy atom. The summed E-state index contributed by atoms with van der Waals surface area (Å²) in [5.41, 5.74) is 7.43. The summed E-state index contributed by atoms with van der Waals surface area (Å²) in [6, 6.07) is 44.6. The van der Waals surface area contributed by atoms with Gasteiger partial charge in [0.2, 0.25) is 0 Å². The van der Waals surface area contributed by atoms with Gasteiger partial charge in [0.05, 0.1) is 28.5 Å². The maximum atomic E-state index is 6.42. The minimum Gasteiger partial charge on any atom is -0.455 e. The first-order valence-electron chi connectivity index (χ1n) is 15.4. The van der Waals surface area contributed by atoms with E-state index in [-0.39, 0.29) is 0 Å². The van der Waals surface area contributed by atoms with Crippen LogP contribution in [-0.2, 0) is 0 Å². The highest BCUT2D eigenvalue weighted by atomic mass is 16.3.